The average molecular weight is 783 g/mol. The van der Waals surface area contributed by atoms with Crippen LogP contribution in [0.2, 0.25) is 0 Å². The van der Waals surface area contributed by atoms with Crippen LogP contribution in [-0.4, -0.2) is 59.1 Å². The van der Waals surface area contributed by atoms with Crippen LogP contribution in [-0.2, 0) is 18.6 Å². The number of unbranched alkanes of at least 4 members (excludes halogenated alkanes) is 26. The van der Waals surface area contributed by atoms with E-state index in [0.717, 1.165) is 18.5 Å². The van der Waals surface area contributed by atoms with Crippen molar-refractivity contribution in [1.82, 2.24) is 4.48 Å². The summed E-state index contributed by atoms with van der Waals surface area (Å²) in [5, 5.41) is 0. The minimum atomic E-state index is -4.35. The zero-order valence-corrected chi connectivity index (χ0v) is 37.4. The molecule has 0 amide bonds. The molecule has 0 heterocycles. The van der Waals surface area contributed by atoms with Crippen LogP contribution >= 0.6 is 7.82 Å². The van der Waals surface area contributed by atoms with Gasteiger partial charge in [0, 0.05) is 24.7 Å². The predicted octanol–water partition coefficient (Wildman–Crippen LogP) is 14.4. The number of quaternary nitrogens is 1. The number of nitrogens with zero attached hydrogens (tertiary/aromatic N) is 1. The van der Waals surface area contributed by atoms with Crippen LogP contribution in [0.3, 0.4) is 0 Å². The summed E-state index contributed by atoms with van der Waals surface area (Å²) in [7, 11) is 1.76. The van der Waals surface area contributed by atoms with Crippen LogP contribution in [0.15, 0.2) is 24.3 Å². The Balaban J connectivity index is 2.38. The Bertz CT molecular complexity index is 995. The van der Waals surface area contributed by atoms with Crippen LogP contribution < -0.4 is 9.01 Å². The molecule has 1 unspecified atom stereocenters. The third kappa shape index (κ3) is 30.2. The SMILES string of the molecule is CCCCCCCCCCCCCCCCOCC(C)(COCCCCCCCCCCCCCCCC)COP(=O)(O)Oc1cccc([N+](C)(C)C)c1. The summed E-state index contributed by atoms with van der Waals surface area (Å²) >= 11 is 0. The van der Waals surface area contributed by atoms with Crippen molar-refractivity contribution in [3.05, 3.63) is 24.3 Å². The number of phosphoric ester groups is 1. The Kier molecular flexibility index (Phi) is 31.3. The lowest BCUT2D eigenvalue weighted by Gasteiger charge is -2.29. The predicted molar refractivity (Wildman–Crippen MR) is 233 cm³/mol. The van der Waals surface area contributed by atoms with E-state index in [4.69, 9.17) is 18.5 Å². The zero-order chi connectivity index (χ0) is 39.6. The maximum atomic E-state index is 13.1. The number of benzene rings is 1. The van der Waals surface area contributed by atoms with E-state index in [2.05, 4.69) is 13.8 Å². The Morgan fingerprint density at radius 1 is 0.556 bits per heavy atom. The van der Waals surface area contributed by atoms with E-state index in [1.807, 2.05) is 40.2 Å². The third-order valence-electron chi connectivity index (χ3n) is 10.6. The maximum absolute atomic E-state index is 13.1. The molecular formula is C46H89NO6P+. The van der Waals surface area contributed by atoms with E-state index in [-0.39, 0.29) is 6.61 Å². The summed E-state index contributed by atoms with van der Waals surface area (Å²) in [6.07, 6.45) is 37.2. The van der Waals surface area contributed by atoms with Gasteiger partial charge in [0.15, 0.2) is 0 Å². The quantitative estimate of drug-likeness (QED) is 0.0406. The lowest BCUT2D eigenvalue weighted by Crippen LogP contribution is -2.34. The lowest BCUT2D eigenvalue weighted by atomic mass is 9.94. The van der Waals surface area contributed by atoms with Gasteiger partial charge >= 0.3 is 7.82 Å². The van der Waals surface area contributed by atoms with Gasteiger partial charge in [-0.1, -0.05) is 194 Å². The molecule has 54 heavy (non-hydrogen) atoms. The van der Waals surface area contributed by atoms with Gasteiger partial charge in [-0.3, -0.25) is 13.9 Å². The van der Waals surface area contributed by atoms with Gasteiger partial charge in [0.2, 0.25) is 0 Å². The number of ether oxygens (including phenoxy) is 2. The van der Waals surface area contributed by atoms with Crippen molar-refractivity contribution in [2.24, 2.45) is 5.41 Å². The summed E-state index contributed by atoms with van der Waals surface area (Å²) < 4.78 is 37.0. The molecule has 0 aliphatic carbocycles. The Hall–Kier alpha value is -0.950. The molecule has 318 valence electrons. The molecule has 8 heteroatoms. The molecule has 1 aromatic carbocycles. The van der Waals surface area contributed by atoms with E-state index in [0.29, 0.717) is 36.7 Å². The molecule has 0 aliphatic rings. The molecule has 1 atom stereocenters. The molecule has 7 nitrogen and oxygen atoms in total. The van der Waals surface area contributed by atoms with Crippen LogP contribution in [0.5, 0.6) is 5.75 Å². The van der Waals surface area contributed by atoms with Crippen molar-refractivity contribution in [3.8, 4) is 5.75 Å². The molecule has 0 aliphatic heterocycles. The molecule has 0 saturated carbocycles. The van der Waals surface area contributed by atoms with Gasteiger partial charge in [-0.15, -0.1) is 0 Å². The molecule has 0 fully saturated rings. The van der Waals surface area contributed by atoms with E-state index in [1.165, 1.54) is 167 Å². The van der Waals surface area contributed by atoms with E-state index < -0.39 is 13.2 Å². The largest absolute Gasteiger partial charge is 0.527 e. The summed E-state index contributed by atoms with van der Waals surface area (Å²) in [6, 6.07) is 7.26. The topological polar surface area (TPSA) is 74.2 Å². The summed E-state index contributed by atoms with van der Waals surface area (Å²) in [5.74, 6) is 0.316. The zero-order valence-electron chi connectivity index (χ0n) is 36.5. The molecule has 1 aromatic rings. The summed E-state index contributed by atoms with van der Waals surface area (Å²) in [4.78, 5) is 10.7. The first kappa shape index (κ1) is 51.1. The Labute approximate surface area is 335 Å². The molecule has 0 bridgehead atoms. The molecule has 0 spiro atoms. The summed E-state index contributed by atoms with van der Waals surface area (Å²) in [5.41, 5.74) is 0.392. The first-order valence-electron chi connectivity index (χ1n) is 22.8. The second-order valence-electron chi connectivity index (χ2n) is 17.5. The van der Waals surface area contributed by atoms with E-state index >= 15 is 0 Å². The number of hydrogen-bond acceptors (Lipinski definition) is 5. The van der Waals surface area contributed by atoms with Crippen LogP contribution in [0.1, 0.15) is 201 Å². The first-order valence-corrected chi connectivity index (χ1v) is 24.3. The fourth-order valence-electron chi connectivity index (χ4n) is 6.91. The summed E-state index contributed by atoms with van der Waals surface area (Å²) in [6.45, 7) is 8.75. The van der Waals surface area contributed by atoms with Crippen LogP contribution in [0.25, 0.3) is 0 Å². The van der Waals surface area contributed by atoms with Crippen LogP contribution in [0, 0.1) is 5.41 Å². The number of hydrogen-bond donors (Lipinski definition) is 1. The molecular weight excluding hydrogens is 693 g/mol. The van der Waals surface area contributed by atoms with Gasteiger partial charge in [0.05, 0.1) is 41.0 Å². The van der Waals surface area contributed by atoms with Crippen molar-refractivity contribution >= 4 is 13.5 Å². The Morgan fingerprint density at radius 3 is 1.26 bits per heavy atom. The van der Waals surface area contributed by atoms with E-state index in [9.17, 15) is 9.46 Å². The standard InChI is InChI=1S/C46H88NO6P/c1-7-9-11-13-15-17-19-21-23-25-27-29-31-33-38-50-41-46(3,43-52-54(48,49)53-45-37-35-36-44(40-45)47(4,5)6)42-51-39-34-32-30-28-26-24-22-20-18-16-14-12-10-8-2/h35-37,40H,7-34,38-39,41-43H2,1-6H3/p+1. The van der Waals surface area contributed by atoms with Crippen molar-refractivity contribution in [2.75, 3.05) is 54.2 Å². The van der Waals surface area contributed by atoms with Crippen LogP contribution in [0.4, 0.5) is 5.69 Å². The van der Waals surface area contributed by atoms with E-state index in [1.54, 1.807) is 12.1 Å². The second-order valence-corrected chi connectivity index (χ2v) is 18.8. The lowest BCUT2D eigenvalue weighted by molar-refractivity contribution is -0.0405. The second kappa shape index (κ2) is 33.1. The monoisotopic (exact) mass is 783 g/mol. The fourth-order valence-corrected chi connectivity index (χ4v) is 7.82. The first-order chi connectivity index (χ1) is 26.0. The highest BCUT2D eigenvalue weighted by atomic mass is 31.2. The molecule has 0 radical (unpaired) electrons. The maximum Gasteiger partial charge on any atom is 0.527 e. The van der Waals surface area contributed by atoms with Gasteiger partial charge in [-0.2, -0.15) is 0 Å². The molecule has 0 saturated heterocycles. The Morgan fingerprint density at radius 2 is 0.907 bits per heavy atom. The minimum Gasteiger partial charge on any atom is -0.404 e. The van der Waals surface area contributed by atoms with Gasteiger partial charge in [0.1, 0.15) is 11.4 Å². The van der Waals surface area contributed by atoms with Crippen molar-refractivity contribution in [1.29, 1.82) is 0 Å². The number of rotatable bonds is 40. The fraction of sp³-hybridized carbons (Fsp3) is 0.870. The minimum absolute atomic E-state index is 0.00722. The third-order valence-corrected chi connectivity index (χ3v) is 11.5. The van der Waals surface area contributed by atoms with Gasteiger partial charge in [-0.25, -0.2) is 4.57 Å². The molecule has 1 N–H and O–H groups in total. The molecule has 0 aromatic heterocycles. The van der Waals surface area contributed by atoms with Gasteiger partial charge < -0.3 is 14.0 Å². The normalized spacial score (nSPS) is 13.4. The highest BCUT2D eigenvalue weighted by Crippen LogP contribution is 2.46. The number of phosphoric acid groups is 1. The van der Waals surface area contributed by atoms with Crippen molar-refractivity contribution < 1.29 is 28.0 Å². The van der Waals surface area contributed by atoms with Crippen molar-refractivity contribution in [2.45, 2.75) is 201 Å². The smallest absolute Gasteiger partial charge is 0.404 e. The van der Waals surface area contributed by atoms with Crippen molar-refractivity contribution in [3.63, 3.8) is 0 Å². The highest BCUT2D eigenvalue weighted by Gasteiger charge is 2.32. The highest BCUT2D eigenvalue weighted by molar-refractivity contribution is 7.47. The van der Waals surface area contributed by atoms with Gasteiger partial charge in [-0.05, 0) is 25.0 Å². The average Bonchev–Trinajstić information content (AvgIpc) is 3.13. The van der Waals surface area contributed by atoms with Gasteiger partial charge in [0.25, 0.3) is 0 Å². The molecule has 1 rings (SSSR count).